The van der Waals surface area contributed by atoms with E-state index < -0.39 is 0 Å². The molecule has 5 rings (SSSR count). The number of hydrogen-bond donors (Lipinski definition) is 1. The molecule has 1 aliphatic rings. The fraction of sp³-hybridized carbons (Fsp3) is 0.300. The number of hydrogen-bond acceptors (Lipinski definition) is 4. The van der Waals surface area contributed by atoms with Crippen LogP contribution in [0.25, 0.3) is 27.9 Å². The van der Waals surface area contributed by atoms with Crippen molar-refractivity contribution in [1.29, 1.82) is 0 Å². The Morgan fingerprint density at radius 3 is 2.78 bits per heavy atom. The number of rotatable bonds is 2. The second-order valence-corrected chi connectivity index (χ2v) is 7.48. The molecular weight excluding hydrogens is 367 g/mol. The Hall–Kier alpha value is -2.44. The molecule has 0 bridgehead atoms. The van der Waals surface area contributed by atoms with E-state index >= 15 is 0 Å². The van der Waals surface area contributed by atoms with Gasteiger partial charge in [-0.15, -0.1) is 0 Å². The van der Waals surface area contributed by atoms with Crippen molar-refractivity contribution in [3.63, 3.8) is 0 Å². The summed E-state index contributed by atoms with van der Waals surface area (Å²) in [6.45, 7) is 3.77. The largest absolute Gasteiger partial charge is 0.439 e. The number of aromatic nitrogens is 3. The highest BCUT2D eigenvalue weighted by Crippen LogP contribution is 2.35. The maximum atomic E-state index is 14.5. The lowest BCUT2D eigenvalue weighted by Crippen LogP contribution is -2.26. The third kappa shape index (κ3) is 2.89. The minimum atomic E-state index is -0.368. The number of piperidine rings is 1. The van der Waals surface area contributed by atoms with E-state index in [0.29, 0.717) is 33.3 Å². The van der Waals surface area contributed by atoms with E-state index in [9.17, 15) is 4.39 Å². The first-order valence-corrected chi connectivity index (χ1v) is 9.42. The van der Waals surface area contributed by atoms with Gasteiger partial charge in [0.15, 0.2) is 22.9 Å². The minimum absolute atomic E-state index is 0.306. The van der Waals surface area contributed by atoms with Gasteiger partial charge in [-0.1, -0.05) is 11.6 Å². The summed E-state index contributed by atoms with van der Waals surface area (Å²) in [5.41, 5.74) is 3.89. The zero-order valence-corrected chi connectivity index (χ0v) is 15.6. The van der Waals surface area contributed by atoms with Crippen LogP contribution in [0.2, 0.25) is 5.02 Å². The lowest BCUT2D eigenvalue weighted by molar-refractivity contribution is 0.385. The molecule has 27 heavy (non-hydrogen) atoms. The van der Waals surface area contributed by atoms with Gasteiger partial charge in [-0.3, -0.25) is 0 Å². The van der Waals surface area contributed by atoms with Crippen LogP contribution in [-0.4, -0.2) is 27.5 Å². The van der Waals surface area contributed by atoms with Crippen molar-refractivity contribution in [2.75, 3.05) is 13.1 Å². The first-order chi connectivity index (χ1) is 13.1. The summed E-state index contributed by atoms with van der Waals surface area (Å²) in [5.74, 6) is 0.672. The molecule has 0 amide bonds. The van der Waals surface area contributed by atoms with Gasteiger partial charge in [0.2, 0.25) is 0 Å². The summed E-state index contributed by atoms with van der Waals surface area (Å²) in [6.07, 6.45) is 5.65. The van der Waals surface area contributed by atoms with E-state index in [0.717, 1.165) is 43.1 Å². The Kier molecular flexibility index (Phi) is 3.91. The van der Waals surface area contributed by atoms with E-state index in [2.05, 4.69) is 15.3 Å². The highest BCUT2D eigenvalue weighted by Gasteiger charge is 2.22. The van der Waals surface area contributed by atoms with Crippen LogP contribution in [0.1, 0.15) is 30.3 Å². The molecule has 7 heteroatoms. The van der Waals surface area contributed by atoms with Crippen LogP contribution in [0.15, 0.2) is 35.0 Å². The van der Waals surface area contributed by atoms with Crippen LogP contribution in [0.4, 0.5) is 4.39 Å². The van der Waals surface area contributed by atoms with Crippen molar-refractivity contribution in [3.05, 3.63) is 53.0 Å². The van der Waals surface area contributed by atoms with Crippen LogP contribution < -0.4 is 5.32 Å². The average Bonchev–Trinajstić information content (AvgIpc) is 3.26. The Morgan fingerprint density at radius 2 is 1.96 bits per heavy atom. The number of halogens is 2. The predicted octanol–water partition coefficient (Wildman–Crippen LogP) is 4.71. The maximum Gasteiger partial charge on any atom is 0.198 e. The lowest BCUT2D eigenvalue weighted by Gasteiger charge is -2.19. The van der Waals surface area contributed by atoms with Crippen LogP contribution in [0.5, 0.6) is 0 Å². The number of fused-ring (bicyclic) bond motifs is 2. The van der Waals surface area contributed by atoms with Gasteiger partial charge < -0.3 is 14.1 Å². The third-order valence-electron chi connectivity index (χ3n) is 5.11. The van der Waals surface area contributed by atoms with Crippen LogP contribution >= 0.6 is 11.6 Å². The number of imidazole rings is 1. The van der Waals surface area contributed by atoms with Gasteiger partial charge >= 0.3 is 0 Å². The molecule has 0 spiro atoms. The summed E-state index contributed by atoms with van der Waals surface area (Å²) in [5, 5.41) is 3.83. The number of nitrogens with zero attached hydrogens (tertiary/aromatic N) is 3. The summed E-state index contributed by atoms with van der Waals surface area (Å²) in [4.78, 5) is 8.88. The van der Waals surface area contributed by atoms with Crippen molar-refractivity contribution in [2.45, 2.75) is 25.7 Å². The molecule has 1 fully saturated rings. The van der Waals surface area contributed by atoms with Crippen molar-refractivity contribution >= 4 is 28.3 Å². The molecule has 0 aliphatic carbocycles. The van der Waals surface area contributed by atoms with E-state index in [4.69, 9.17) is 16.0 Å². The van der Waals surface area contributed by atoms with Crippen molar-refractivity contribution < 1.29 is 8.81 Å². The second-order valence-electron chi connectivity index (χ2n) is 7.07. The Morgan fingerprint density at radius 1 is 1.15 bits per heavy atom. The fourth-order valence-corrected chi connectivity index (χ4v) is 4.01. The zero-order valence-electron chi connectivity index (χ0n) is 14.8. The van der Waals surface area contributed by atoms with Crippen molar-refractivity contribution in [1.82, 2.24) is 19.7 Å². The Balaban J connectivity index is 1.61. The highest BCUT2D eigenvalue weighted by molar-refractivity contribution is 6.35. The smallest absolute Gasteiger partial charge is 0.198 e. The van der Waals surface area contributed by atoms with Crippen LogP contribution in [0, 0.1) is 12.7 Å². The van der Waals surface area contributed by atoms with E-state index in [1.165, 1.54) is 6.07 Å². The van der Waals surface area contributed by atoms with Gasteiger partial charge in [-0.2, -0.15) is 0 Å². The van der Waals surface area contributed by atoms with Crippen molar-refractivity contribution in [3.8, 4) is 11.1 Å². The summed E-state index contributed by atoms with van der Waals surface area (Å²) < 4.78 is 22.1. The number of pyridine rings is 1. The van der Waals surface area contributed by atoms with Gasteiger partial charge in [0, 0.05) is 23.9 Å². The standard InChI is InChI=1S/C20H18ClFN4O/c1-11-9-26-10-14(7-16(22)19(26)24-11)13-6-15(21)18-17(8-13)25-20(27-18)12-2-4-23-5-3-12/h6-10,12,23H,2-5H2,1H3. The molecule has 3 aromatic heterocycles. The minimum Gasteiger partial charge on any atom is -0.439 e. The molecule has 4 heterocycles. The number of oxazole rings is 1. The Labute approximate surface area is 160 Å². The molecule has 0 atom stereocenters. The summed E-state index contributed by atoms with van der Waals surface area (Å²) >= 11 is 6.47. The van der Waals surface area contributed by atoms with E-state index in [-0.39, 0.29) is 5.82 Å². The summed E-state index contributed by atoms with van der Waals surface area (Å²) in [6, 6.07) is 5.18. The molecule has 1 aromatic carbocycles. The molecule has 0 saturated carbocycles. The number of aryl methyl sites for hydroxylation is 1. The molecule has 1 aliphatic heterocycles. The van der Waals surface area contributed by atoms with Crippen LogP contribution in [-0.2, 0) is 0 Å². The van der Waals surface area contributed by atoms with Gasteiger partial charge in [0.25, 0.3) is 0 Å². The molecule has 1 saturated heterocycles. The third-order valence-corrected chi connectivity index (χ3v) is 5.39. The maximum absolute atomic E-state index is 14.5. The van der Waals surface area contributed by atoms with Gasteiger partial charge in [0.1, 0.15) is 5.52 Å². The first-order valence-electron chi connectivity index (χ1n) is 9.04. The Bertz CT molecular complexity index is 1160. The van der Waals surface area contributed by atoms with E-state index in [1.54, 1.807) is 16.7 Å². The van der Waals surface area contributed by atoms with Gasteiger partial charge in [-0.05, 0) is 56.6 Å². The molecule has 0 radical (unpaired) electrons. The molecule has 5 nitrogen and oxygen atoms in total. The quantitative estimate of drug-likeness (QED) is 0.543. The van der Waals surface area contributed by atoms with Crippen LogP contribution in [0.3, 0.4) is 0 Å². The van der Waals surface area contributed by atoms with Gasteiger partial charge in [0.05, 0.1) is 10.7 Å². The second kappa shape index (κ2) is 6.32. The lowest BCUT2D eigenvalue weighted by atomic mass is 9.98. The number of nitrogens with one attached hydrogen (secondary N) is 1. The zero-order chi connectivity index (χ0) is 18.5. The molecule has 4 aromatic rings. The first kappa shape index (κ1) is 16.7. The van der Waals surface area contributed by atoms with E-state index in [1.807, 2.05) is 19.2 Å². The topological polar surface area (TPSA) is 55.4 Å². The fourth-order valence-electron chi connectivity index (χ4n) is 3.76. The predicted molar refractivity (Wildman–Crippen MR) is 103 cm³/mol. The molecule has 138 valence electrons. The molecule has 0 unspecified atom stereocenters. The van der Waals surface area contributed by atoms with Gasteiger partial charge in [-0.25, -0.2) is 14.4 Å². The summed E-state index contributed by atoms with van der Waals surface area (Å²) in [7, 11) is 0. The van der Waals surface area contributed by atoms with Crippen molar-refractivity contribution in [2.24, 2.45) is 0 Å². The molecule has 1 N–H and O–H groups in total. The average molecular weight is 385 g/mol. The normalized spacial score (nSPS) is 15.8. The monoisotopic (exact) mass is 384 g/mol. The SMILES string of the molecule is Cc1cn2cc(-c3cc(Cl)c4oc(C5CCNCC5)nc4c3)cc(F)c2n1. The molecular formula is C20H18ClFN4O. The highest BCUT2D eigenvalue weighted by atomic mass is 35.5. The number of benzene rings is 1.